The van der Waals surface area contributed by atoms with Crippen LogP contribution in [0.5, 0.6) is 0 Å². The zero-order valence-corrected chi connectivity index (χ0v) is 20.2. The van der Waals surface area contributed by atoms with E-state index < -0.39 is 15.8 Å². The molecular formula is C24H26N4O5S. The average molecular weight is 483 g/mol. The van der Waals surface area contributed by atoms with Gasteiger partial charge in [-0.2, -0.15) is 0 Å². The quantitative estimate of drug-likeness (QED) is 0.291. The molecule has 1 aromatic heterocycles. The fraction of sp³-hybridized carbons (Fsp3) is 0.250. The molecule has 10 heteroatoms. The lowest BCUT2D eigenvalue weighted by Gasteiger charge is -2.09. The van der Waals surface area contributed by atoms with Gasteiger partial charge in [-0.05, 0) is 48.7 Å². The highest BCUT2D eigenvalue weighted by atomic mass is 32.2. The van der Waals surface area contributed by atoms with E-state index in [1.807, 2.05) is 38.1 Å². The highest BCUT2D eigenvalue weighted by Crippen LogP contribution is 2.28. The number of sulfone groups is 1. The third-order valence-corrected chi connectivity index (χ3v) is 5.87. The summed E-state index contributed by atoms with van der Waals surface area (Å²) in [5.74, 6) is -0.420. The average Bonchev–Trinajstić information content (AvgIpc) is 3.29. The van der Waals surface area contributed by atoms with Crippen molar-refractivity contribution in [1.29, 1.82) is 0 Å². The number of esters is 1. The first-order chi connectivity index (χ1) is 16.1. The van der Waals surface area contributed by atoms with Crippen molar-refractivity contribution in [1.82, 2.24) is 10.2 Å². The molecule has 0 bridgehead atoms. The van der Waals surface area contributed by atoms with Gasteiger partial charge in [0.2, 0.25) is 5.89 Å². The molecule has 0 aliphatic rings. The van der Waals surface area contributed by atoms with Crippen LogP contribution in [0.25, 0.3) is 11.5 Å². The third-order valence-electron chi connectivity index (χ3n) is 4.76. The highest BCUT2D eigenvalue weighted by Gasteiger charge is 2.18. The maximum absolute atomic E-state index is 12.1. The van der Waals surface area contributed by atoms with Crippen molar-refractivity contribution in [2.45, 2.75) is 31.6 Å². The molecule has 0 radical (unpaired) electrons. The summed E-state index contributed by atoms with van der Waals surface area (Å²) in [5, 5.41) is 8.10. The minimum Gasteiger partial charge on any atom is -0.461 e. The molecule has 0 spiro atoms. The molecule has 0 saturated carbocycles. The smallest absolute Gasteiger partial charge is 0.354 e. The van der Waals surface area contributed by atoms with E-state index in [1.165, 1.54) is 18.2 Å². The molecule has 0 aliphatic carbocycles. The molecule has 0 atom stereocenters. The lowest BCUT2D eigenvalue weighted by Crippen LogP contribution is -2.16. The van der Waals surface area contributed by atoms with Crippen LogP contribution >= 0.6 is 0 Å². The molecule has 2 N–H and O–H groups in total. The molecule has 34 heavy (non-hydrogen) atoms. The van der Waals surface area contributed by atoms with Gasteiger partial charge in [0.1, 0.15) is 11.4 Å². The molecule has 3 rings (SSSR count). The van der Waals surface area contributed by atoms with E-state index >= 15 is 0 Å². The Labute approximate surface area is 198 Å². The van der Waals surface area contributed by atoms with Crippen molar-refractivity contribution >= 4 is 27.2 Å². The molecule has 2 aromatic carbocycles. The molecule has 9 nitrogen and oxygen atoms in total. The highest BCUT2D eigenvalue weighted by molar-refractivity contribution is 7.90. The monoisotopic (exact) mass is 482 g/mol. The predicted octanol–water partition coefficient (Wildman–Crippen LogP) is 3.79. The number of carbonyl (C=O) groups is 1. The molecule has 0 saturated heterocycles. The van der Waals surface area contributed by atoms with E-state index in [0.717, 1.165) is 11.8 Å². The molecule has 0 aliphatic heterocycles. The van der Waals surface area contributed by atoms with E-state index in [9.17, 15) is 13.2 Å². The van der Waals surface area contributed by atoms with Gasteiger partial charge in [-0.1, -0.05) is 38.1 Å². The number of ether oxygens (including phenoxy) is 1. The topological polar surface area (TPSA) is 138 Å². The largest absolute Gasteiger partial charge is 0.461 e. The lowest BCUT2D eigenvalue weighted by atomic mass is 10.0. The number of aliphatic imine (C=N–C) groups is 1. The SMILES string of the molecule is CCOC(=O)C(N)=CC(=Nc1ccccc1C(C)C)c1nnc(-c2cccc(S(C)(=O)=O)c2)o1. The Hall–Kier alpha value is -3.79. The summed E-state index contributed by atoms with van der Waals surface area (Å²) in [6.45, 7) is 5.91. The summed E-state index contributed by atoms with van der Waals surface area (Å²) in [4.78, 5) is 16.9. The van der Waals surface area contributed by atoms with Crippen LogP contribution in [0.2, 0.25) is 0 Å². The van der Waals surface area contributed by atoms with Gasteiger partial charge >= 0.3 is 5.97 Å². The van der Waals surface area contributed by atoms with Gasteiger partial charge in [-0.3, -0.25) is 0 Å². The molecule has 0 unspecified atom stereocenters. The normalized spacial score (nSPS) is 12.7. The summed E-state index contributed by atoms with van der Waals surface area (Å²) in [5.41, 5.74) is 7.96. The second-order valence-corrected chi connectivity index (χ2v) is 9.76. The van der Waals surface area contributed by atoms with Gasteiger partial charge in [-0.25, -0.2) is 18.2 Å². The minimum atomic E-state index is -3.42. The maximum Gasteiger partial charge on any atom is 0.354 e. The van der Waals surface area contributed by atoms with Crippen LogP contribution in [0, 0.1) is 0 Å². The van der Waals surface area contributed by atoms with Gasteiger partial charge < -0.3 is 14.9 Å². The Morgan fingerprint density at radius 1 is 1.18 bits per heavy atom. The van der Waals surface area contributed by atoms with E-state index in [2.05, 4.69) is 15.2 Å². The van der Waals surface area contributed by atoms with Crippen LogP contribution in [-0.2, 0) is 19.4 Å². The Balaban J connectivity index is 2.11. The number of para-hydroxylation sites is 1. The number of aromatic nitrogens is 2. The number of hydrogen-bond donors (Lipinski definition) is 1. The third kappa shape index (κ3) is 5.96. The molecule has 3 aromatic rings. The number of nitrogens with two attached hydrogens (primary N) is 1. The number of benzene rings is 2. The first-order valence-corrected chi connectivity index (χ1v) is 12.5. The van der Waals surface area contributed by atoms with E-state index in [-0.39, 0.29) is 40.6 Å². The van der Waals surface area contributed by atoms with Crippen molar-refractivity contribution in [2.24, 2.45) is 10.7 Å². The first-order valence-electron chi connectivity index (χ1n) is 10.6. The Morgan fingerprint density at radius 2 is 1.91 bits per heavy atom. The number of nitrogens with zero attached hydrogens (tertiary/aromatic N) is 3. The summed E-state index contributed by atoms with van der Waals surface area (Å²) < 4.78 is 34.6. The second-order valence-electron chi connectivity index (χ2n) is 7.74. The summed E-state index contributed by atoms with van der Waals surface area (Å²) in [6.07, 6.45) is 2.44. The summed E-state index contributed by atoms with van der Waals surface area (Å²) in [7, 11) is -3.42. The van der Waals surface area contributed by atoms with Gasteiger partial charge in [0.25, 0.3) is 5.89 Å². The lowest BCUT2D eigenvalue weighted by molar-refractivity contribution is -0.138. The number of rotatable bonds is 8. The standard InChI is InChI=1S/C24H26N4O5S/c1-5-32-24(29)19(25)14-21(26-20-12-7-6-11-18(20)15(2)3)23-28-27-22(33-23)16-9-8-10-17(13-16)34(4,30)31/h6-15H,5,25H2,1-4H3. The van der Waals surface area contributed by atoms with E-state index in [0.29, 0.717) is 11.3 Å². The molecule has 0 amide bonds. The zero-order chi connectivity index (χ0) is 24.9. The second kappa shape index (κ2) is 10.4. The van der Waals surface area contributed by atoms with Crippen LogP contribution in [0.1, 0.15) is 38.1 Å². The summed E-state index contributed by atoms with van der Waals surface area (Å²) >= 11 is 0. The van der Waals surface area contributed by atoms with E-state index in [4.69, 9.17) is 14.9 Å². The van der Waals surface area contributed by atoms with Crippen LogP contribution in [-0.4, -0.2) is 43.2 Å². The van der Waals surface area contributed by atoms with Gasteiger partial charge in [0.05, 0.1) is 17.2 Å². The van der Waals surface area contributed by atoms with Gasteiger partial charge in [0.15, 0.2) is 9.84 Å². The van der Waals surface area contributed by atoms with Crippen LogP contribution < -0.4 is 5.73 Å². The number of allylic oxidation sites excluding steroid dienone is 1. The molecular weight excluding hydrogens is 456 g/mol. The molecule has 0 fully saturated rings. The Kier molecular flexibility index (Phi) is 7.62. The number of carbonyl (C=O) groups excluding carboxylic acids is 1. The predicted molar refractivity (Wildman–Crippen MR) is 128 cm³/mol. The number of hydrogen-bond acceptors (Lipinski definition) is 9. The van der Waals surface area contributed by atoms with Gasteiger partial charge in [0, 0.05) is 11.8 Å². The minimum absolute atomic E-state index is 0.00515. The van der Waals surface area contributed by atoms with Crippen LogP contribution in [0.4, 0.5) is 5.69 Å². The van der Waals surface area contributed by atoms with Crippen molar-refractivity contribution in [3.8, 4) is 11.5 Å². The van der Waals surface area contributed by atoms with Crippen molar-refractivity contribution in [2.75, 3.05) is 12.9 Å². The summed E-state index contributed by atoms with van der Waals surface area (Å²) in [6, 6.07) is 13.7. The van der Waals surface area contributed by atoms with Crippen molar-refractivity contribution in [3.63, 3.8) is 0 Å². The van der Waals surface area contributed by atoms with E-state index in [1.54, 1.807) is 19.1 Å². The van der Waals surface area contributed by atoms with Crippen LogP contribution in [0.3, 0.4) is 0 Å². The Bertz CT molecular complexity index is 1360. The van der Waals surface area contributed by atoms with Gasteiger partial charge in [-0.15, -0.1) is 10.2 Å². The first kappa shape index (κ1) is 24.8. The van der Waals surface area contributed by atoms with Crippen molar-refractivity contribution < 1.29 is 22.4 Å². The fourth-order valence-electron chi connectivity index (χ4n) is 3.07. The fourth-order valence-corrected chi connectivity index (χ4v) is 3.74. The zero-order valence-electron chi connectivity index (χ0n) is 19.3. The molecule has 178 valence electrons. The maximum atomic E-state index is 12.1. The molecule has 1 heterocycles. The van der Waals surface area contributed by atoms with Crippen molar-refractivity contribution in [3.05, 3.63) is 71.8 Å². The van der Waals surface area contributed by atoms with Crippen LogP contribution in [0.15, 0.2) is 74.6 Å². The Morgan fingerprint density at radius 3 is 2.59 bits per heavy atom.